The Balaban J connectivity index is 2.11. The van der Waals surface area contributed by atoms with Crippen LogP contribution >= 0.6 is 11.5 Å². The van der Waals surface area contributed by atoms with Gasteiger partial charge in [0.2, 0.25) is 0 Å². The monoisotopic (exact) mass is 239 g/mol. The number of carbonyl (C=O) groups excluding carboxylic acids is 1. The van der Waals surface area contributed by atoms with E-state index in [9.17, 15) is 4.79 Å². The van der Waals surface area contributed by atoms with E-state index in [0.29, 0.717) is 0 Å². The van der Waals surface area contributed by atoms with Crippen molar-refractivity contribution in [2.24, 2.45) is 0 Å². The van der Waals surface area contributed by atoms with Gasteiger partial charge in [0, 0.05) is 13.1 Å². The van der Waals surface area contributed by atoms with E-state index in [2.05, 4.69) is 14.8 Å². The SMILES string of the molecule is CC(=O)c1c(C)nsc1NN1CCCCC1. The number of aromatic nitrogens is 1. The Hall–Kier alpha value is -0.940. The number of aryl methyl sites for hydroxylation is 1. The summed E-state index contributed by atoms with van der Waals surface area (Å²) >= 11 is 1.37. The minimum Gasteiger partial charge on any atom is -0.308 e. The van der Waals surface area contributed by atoms with Gasteiger partial charge in [-0.15, -0.1) is 0 Å². The van der Waals surface area contributed by atoms with Crippen molar-refractivity contribution in [3.05, 3.63) is 11.3 Å². The highest BCUT2D eigenvalue weighted by molar-refractivity contribution is 7.10. The minimum atomic E-state index is 0.0887. The van der Waals surface area contributed by atoms with E-state index in [0.717, 1.165) is 29.3 Å². The molecular weight excluding hydrogens is 222 g/mol. The van der Waals surface area contributed by atoms with Crippen molar-refractivity contribution < 1.29 is 4.79 Å². The van der Waals surface area contributed by atoms with Crippen LogP contribution in [0.5, 0.6) is 0 Å². The number of hydrazine groups is 1. The Kier molecular flexibility index (Phi) is 3.56. The molecule has 0 aliphatic carbocycles. The third kappa shape index (κ3) is 2.41. The predicted octanol–water partition coefficient (Wildman–Crippen LogP) is 2.47. The topological polar surface area (TPSA) is 45.2 Å². The second kappa shape index (κ2) is 4.93. The Morgan fingerprint density at radius 1 is 1.38 bits per heavy atom. The lowest BCUT2D eigenvalue weighted by Crippen LogP contribution is -2.34. The summed E-state index contributed by atoms with van der Waals surface area (Å²) in [6, 6.07) is 0. The molecule has 1 aliphatic heterocycles. The summed E-state index contributed by atoms with van der Waals surface area (Å²) in [5.41, 5.74) is 4.90. The van der Waals surface area contributed by atoms with Gasteiger partial charge in [-0.25, -0.2) is 5.01 Å². The van der Waals surface area contributed by atoms with E-state index in [1.54, 1.807) is 6.92 Å². The lowest BCUT2D eigenvalue weighted by atomic mass is 10.1. The van der Waals surface area contributed by atoms with Crippen LogP contribution in [0.3, 0.4) is 0 Å². The van der Waals surface area contributed by atoms with Gasteiger partial charge in [0.15, 0.2) is 5.78 Å². The predicted molar refractivity (Wildman–Crippen MR) is 65.9 cm³/mol. The van der Waals surface area contributed by atoms with Crippen LogP contribution in [0.4, 0.5) is 5.00 Å². The number of hydrogen-bond acceptors (Lipinski definition) is 5. The van der Waals surface area contributed by atoms with E-state index in [-0.39, 0.29) is 5.78 Å². The summed E-state index contributed by atoms with van der Waals surface area (Å²) in [7, 11) is 0. The molecule has 0 amide bonds. The number of piperidine rings is 1. The molecular formula is C11H17N3OS. The molecule has 5 heteroatoms. The average molecular weight is 239 g/mol. The van der Waals surface area contributed by atoms with E-state index in [1.165, 1.54) is 30.8 Å². The molecule has 2 rings (SSSR count). The fourth-order valence-electron chi connectivity index (χ4n) is 2.01. The molecule has 1 aromatic heterocycles. The maximum Gasteiger partial charge on any atom is 0.164 e. The van der Waals surface area contributed by atoms with E-state index in [4.69, 9.17) is 0 Å². The fourth-order valence-corrected chi connectivity index (χ4v) is 2.88. The van der Waals surface area contributed by atoms with Gasteiger partial charge in [-0.2, -0.15) is 4.37 Å². The quantitative estimate of drug-likeness (QED) is 0.823. The van der Waals surface area contributed by atoms with Crippen molar-refractivity contribution in [2.45, 2.75) is 33.1 Å². The lowest BCUT2D eigenvalue weighted by Gasteiger charge is -2.27. The number of carbonyl (C=O) groups is 1. The molecule has 1 fully saturated rings. The Labute approximate surface area is 99.8 Å². The van der Waals surface area contributed by atoms with Gasteiger partial charge < -0.3 is 5.43 Å². The number of Topliss-reactive ketones (excluding diaryl/α,β-unsaturated/α-hetero) is 1. The highest BCUT2D eigenvalue weighted by Crippen LogP contribution is 2.26. The van der Waals surface area contributed by atoms with Gasteiger partial charge >= 0.3 is 0 Å². The van der Waals surface area contributed by atoms with Crippen LogP contribution < -0.4 is 5.43 Å². The summed E-state index contributed by atoms with van der Waals surface area (Å²) in [5.74, 6) is 0.0887. The number of rotatable bonds is 3. The molecule has 4 nitrogen and oxygen atoms in total. The first-order chi connectivity index (χ1) is 7.68. The van der Waals surface area contributed by atoms with Crippen LogP contribution in [0, 0.1) is 6.92 Å². The first-order valence-electron chi connectivity index (χ1n) is 5.67. The van der Waals surface area contributed by atoms with Crippen molar-refractivity contribution in [2.75, 3.05) is 18.5 Å². The van der Waals surface area contributed by atoms with Crippen LogP contribution in [0.1, 0.15) is 42.2 Å². The van der Waals surface area contributed by atoms with Crippen LogP contribution in [0.15, 0.2) is 0 Å². The zero-order valence-electron chi connectivity index (χ0n) is 9.75. The Morgan fingerprint density at radius 3 is 2.69 bits per heavy atom. The summed E-state index contributed by atoms with van der Waals surface area (Å²) in [6.45, 7) is 5.58. The second-order valence-corrected chi connectivity index (χ2v) is 4.96. The largest absolute Gasteiger partial charge is 0.308 e. The van der Waals surface area contributed by atoms with Crippen LogP contribution in [-0.2, 0) is 0 Å². The van der Waals surface area contributed by atoms with Gasteiger partial charge in [0.25, 0.3) is 0 Å². The molecule has 0 atom stereocenters. The van der Waals surface area contributed by atoms with Crippen molar-refractivity contribution in [3.8, 4) is 0 Å². The summed E-state index contributed by atoms with van der Waals surface area (Å²) in [4.78, 5) is 11.5. The normalized spacial score (nSPS) is 17.4. The van der Waals surface area contributed by atoms with E-state index >= 15 is 0 Å². The molecule has 1 N–H and O–H groups in total. The third-order valence-corrected chi connectivity index (χ3v) is 3.67. The smallest absolute Gasteiger partial charge is 0.164 e. The van der Waals surface area contributed by atoms with Crippen LogP contribution in [-0.4, -0.2) is 28.3 Å². The maximum atomic E-state index is 11.5. The molecule has 0 radical (unpaired) electrons. The molecule has 1 aliphatic rings. The van der Waals surface area contributed by atoms with Crippen molar-refractivity contribution in [1.82, 2.24) is 9.38 Å². The molecule has 16 heavy (non-hydrogen) atoms. The molecule has 0 saturated carbocycles. The number of hydrogen-bond donors (Lipinski definition) is 1. The zero-order valence-corrected chi connectivity index (χ0v) is 10.6. The molecule has 1 aromatic rings. The number of nitrogens with zero attached hydrogens (tertiary/aromatic N) is 2. The fraction of sp³-hybridized carbons (Fsp3) is 0.636. The summed E-state index contributed by atoms with van der Waals surface area (Å²) in [6.07, 6.45) is 3.75. The zero-order chi connectivity index (χ0) is 11.5. The standard InChI is InChI=1S/C11H17N3OS/c1-8-10(9(2)15)11(16-13-8)12-14-6-4-3-5-7-14/h12H,3-7H2,1-2H3. The molecule has 88 valence electrons. The van der Waals surface area contributed by atoms with Gasteiger partial charge in [-0.1, -0.05) is 6.42 Å². The number of anilines is 1. The summed E-state index contributed by atoms with van der Waals surface area (Å²) in [5, 5.41) is 3.08. The molecule has 0 bridgehead atoms. The average Bonchev–Trinajstić information content (AvgIpc) is 2.61. The second-order valence-electron chi connectivity index (χ2n) is 4.19. The number of nitrogens with one attached hydrogen (secondary N) is 1. The van der Waals surface area contributed by atoms with Crippen LogP contribution in [0.2, 0.25) is 0 Å². The summed E-state index contributed by atoms with van der Waals surface area (Å²) < 4.78 is 4.23. The van der Waals surface area contributed by atoms with Crippen LogP contribution in [0.25, 0.3) is 0 Å². The maximum absolute atomic E-state index is 11.5. The highest BCUT2D eigenvalue weighted by atomic mass is 32.1. The lowest BCUT2D eigenvalue weighted by molar-refractivity contribution is 0.101. The third-order valence-electron chi connectivity index (χ3n) is 2.83. The molecule has 2 heterocycles. The number of ketones is 1. The molecule has 0 spiro atoms. The van der Waals surface area contributed by atoms with E-state index in [1.807, 2.05) is 6.92 Å². The molecule has 1 saturated heterocycles. The Bertz CT molecular complexity index is 383. The first kappa shape index (κ1) is 11.5. The van der Waals surface area contributed by atoms with Crippen molar-refractivity contribution in [1.29, 1.82) is 0 Å². The van der Waals surface area contributed by atoms with Gasteiger partial charge in [0.1, 0.15) is 5.00 Å². The molecule has 0 aromatic carbocycles. The van der Waals surface area contributed by atoms with Gasteiger partial charge in [-0.3, -0.25) is 4.79 Å². The molecule has 0 unspecified atom stereocenters. The van der Waals surface area contributed by atoms with E-state index < -0.39 is 0 Å². The minimum absolute atomic E-state index is 0.0887. The Morgan fingerprint density at radius 2 is 2.06 bits per heavy atom. The van der Waals surface area contributed by atoms with Crippen molar-refractivity contribution >= 4 is 22.3 Å². The van der Waals surface area contributed by atoms with Crippen molar-refractivity contribution in [3.63, 3.8) is 0 Å². The van der Waals surface area contributed by atoms with Gasteiger partial charge in [0.05, 0.1) is 11.3 Å². The van der Waals surface area contributed by atoms with Gasteiger partial charge in [-0.05, 0) is 38.2 Å². The first-order valence-corrected chi connectivity index (χ1v) is 6.44. The highest BCUT2D eigenvalue weighted by Gasteiger charge is 2.17.